The first-order valence-electron chi connectivity index (χ1n) is 3.11. The van der Waals surface area contributed by atoms with Gasteiger partial charge in [0.1, 0.15) is 0 Å². The summed E-state index contributed by atoms with van der Waals surface area (Å²) in [5, 5.41) is 2.72. The van der Waals surface area contributed by atoms with Crippen molar-refractivity contribution in [2.75, 3.05) is 19.0 Å². The Balaban J connectivity index is 2.43. The summed E-state index contributed by atoms with van der Waals surface area (Å²) in [5.74, 6) is 1.03. The first-order chi connectivity index (χ1) is 4.62. The van der Waals surface area contributed by atoms with Crippen LogP contribution in [0.2, 0.25) is 0 Å². The molecule has 2 atom stereocenters. The Bertz CT molecular complexity index is 147. The second-order valence-corrected chi connectivity index (χ2v) is 4.79. The van der Waals surface area contributed by atoms with Gasteiger partial charge in [-0.3, -0.25) is 5.32 Å². The largest absolute Gasteiger partial charge is 0.507 e. The van der Waals surface area contributed by atoms with E-state index >= 15 is 0 Å². The van der Waals surface area contributed by atoms with Crippen LogP contribution in [0.25, 0.3) is 0 Å². The Morgan fingerprint density at radius 1 is 1.80 bits per heavy atom. The van der Waals surface area contributed by atoms with E-state index in [1.165, 1.54) is 0 Å². The lowest BCUT2D eigenvalue weighted by Gasteiger charge is -2.14. The van der Waals surface area contributed by atoms with Crippen LogP contribution in [-0.4, -0.2) is 24.0 Å². The van der Waals surface area contributed by atoms with Gasteiger partial charge in [0.05, 0.1) is 0 Å². The van der Waals surface area contributed by atoms with E-state index in [4.69, 9.17) is 4.52 Å². The Kier molecular flexibility index (Phi) is 2.69. The normalized spacial score (nSPS) is 34.4. The first kappa shape index (κ1) is 8.47. The fourth-order valence-electron chi connectivity index (χ4n) is 0.879. The Morgan fingerprint density at radius 2 is 2.50 bits per heavy atom. The standard InChI is InChI=1S/C5H11NO2PS/c1-5(8-9(2)7)6-3-4-10-5/h6H,3-4H2,1-2H3/q+1. The lowest BCUT2D eigenvalue weighted by Crippen LogP contribution is -2.34. The molecule has 1 saturated heterocycles. The molecular formula is C5H11NO2PS+. The summed E-state index contributed by atoms with van der Waals surface area (Å²) < 4.78 is 15.8. The van der Waals surface area contributed by atoms with Crippen molar-refractivity contribution in [2.45, 2.75) is 12.0 Å². The van der Waals surface area contributed by atoms with E-state index in [1.54, 1.807) is 18.4 Å². The highest BCUT2D eigenvalue weighted by Crippen LogP contribution is 2.35. The smallest absolute Gasteiger partial charge is 0.276 e. The molecule has 0 amide bonds. The first-order valence-corrected chi connectivity index (χ1v) is 5.72. The third-order valence-corrected chi connectivity index (χ3v) is 3.16. The van der Waals surface area contributed by atoms with Gasteiger partial charge in [-0.15, -0.1) is 16.3 Å². The van der Waals surface area contributed by atoms with E-state index in [9.17, 15) is 4.57 Å². The van der Waals surface area contributed by atoms with Crippen LogP contribution in [-0.2, 0) is 9.09 Å². The molecule has 0 aromatic heterocycles. The number of hydrogen-bond donors (Lipinski definition) is 1. The Morgan fingerprint density at radius 3 is 2.90 bits per heavy atom. The molecule has 0 saturated carbocycles. The van der Waals surface area contributed by atoms with Crippen molar-refractivity contribution in [2.24, 2.45) is 0 Å². The lowest BCUT2D eigenvalue weighted by atomic mass is 10.6. The SMILES string of the molecule is C[P+](=O)OC1(C)NCCS1. The van der Waals surface area contributed by atoms with Gasteiger partial charge in [-0.25, -0.2) is 0 Å². The topological polar surface area (TPSA) is 38.3 Å². The van der Waals surface area contributed by atoms with Gasteiger partial charge in [0.25, 0.3) is 0 Å². The molecular weight excluding hydrogens is 169 g/mol. The van der Waals surface area contributed by atoms with Crippen LogP contribution in [0.3, 0.4) is 0 Å². The highest BCUT2D eigenvalue weighted by Gasteiger charge is 2.37. The van der Waals surface area contributed by atoms with E-state index in [1.807, 2.05) is 6.92 Å². The summed E-state index contributed by atoms with van der Waals surface area (Å²) in [7, 11) is -1.49. The maximum atomic E-state index is 10.7. The zero-order chi connectivity index (χ0) is 7.61. The summed E-state index contributed by atoms with van der Waals surface area (Å²) in [6.45, 7) is 4.41. The third-order valence-electron chi connectivity index (χ3n) is 1.23. The van der Waals surface area contributed by atoms with Crippen molar-refractivity contribution in [3.05, 3.63) is 0 Å². The van der Waals surface area contributed by atoms with Crippen LogP contribution >= 0.6 is 19.8 Å². The Hall–Kier alpha value is 0.370. The minimum absolute atomic E-state index is 0.401. The van der Waals surface area contributed by atoms with E-state index in [0.717, 1.165) is 12.3 Å². The minimum atomic E-state index is -1.49. The second kappa shape index (κ2) is 3.18. The molecule has 1 fully saturated rings. The molecule has 0 aliphatic carbocycles. The minimum Gasteiger partial charge on any atom is -0.276 e. The maximum absolute atomic E-state index is 10.7. The molecule has 0 bridgehead atoms. The van der Waals surface area contributed by atoms with Crippen LogP contribution in [0.15, 0.2) is 0 Å². The van der Waals surface area contributed by atoms with Crippen LogP contribution < -0.4 is 5.32 Å². The van der Waals surface area contributed by atoms with Crippen LogP contribution in [0.5, 0.6) is 0 Å². The van der Waals surface area contributed by atoms with Crippen LogP contribution in [0.4, 0.5) is 0 Å². The van der Waals surface area contributed by atoms with Crippen LogP contribution in [0.1, 0.15) is 6.92 Å². The van der Waals surface area contributed by atoms with Crippen molar-refractivity contribution in [1.82, 2.24) is 5.32 Å². The van der Waals surface area contributed by atoms with Gasteiger partial charge < -0.3 is 0 Å². The van der Waals surface area contributed by atoms with Crippen molar-refractivity contribution in [3.8, 4) is 0 Å². The summed E-state index contributed by atoms with van der Waals surface area (Å²) in [6.07, 6.45) is 0. The molecule has 1 aliphatic rings. The van der Waals surface area contributed by atoms with Crippen LogP contribution in [0, 0.1) is 0 Å². The van der Waals surface area contributed by atoms with Gasteiger partial charge in [-0.1, -0.05) is 0 Å². The molecule has 2 unspecified atom stereocenters. The van der Waals surface area contributed by atoms with E-state index in [0.29, 0.717) is 0 Å². The van der Waals surface area contributed by atoms with Crippen molar-refractivity contribution in [1.29, 1.82) is 0 Å². The molecule has 58 valence electrons. The average molecular weight is 180 g/mol. The second-order valence-electron chi connectivity index (χ2n) is 2.25. The van der Waals surface area contributed by atoms with Gasteiger partial charge in [0.2, 0.25) is 5.06 Å². The molecule has 0 aromatic carbocycles. The third kappa shape index (κ3) is 2.20. The van der Waals surface area contributed by atoms with Gasteiger partial charge >= 0.3 is 8.03 Å². The Labute approximate surface area is 65.8 Å². The molecule has 0 spiro atoms. The van der Waals surface area contributed by atoms with E-state index in [2.05, 4.69) is 5.32 Å². The average Bonchev–Trinajstić information content (AvgIpc) is 2.12. The monoisotopic (exact) mass is 180 g/mol. The number of rotatable bonds is 2. The molecule has 0 radical (unpaired) electrons. The summed E-state index contributed by atoms with van der Waals surface area (Å²) >= 11 is 1.66. The highest BCUT2D eigenvalue weighted by molar-refractivity contribution is 8.00. The fraction of sp³-hybridized carbons (Fsp3) is 1.00. The quantitative estimate of drug-likeness (QED) is 0.651. The predicted octanol–water partition coefficient (Wildman–Crippen LogP) is 1.39. The summed E-state index contributed by atoms with van der Waals surface area (Å²) in [4.78, 5) is 0. The van der Waals surface area contributed by atoms with Crippen molar-refractivity contribution < 1.29 is 9.09 Å². The molecule has 1 N–H and O–H groups in total. The number of nitrogens with one attached hydrogen (secondary N) is 1. The van der Waals surface area contributed by atoms with Gasteiger partial charge in [-0.05, 0) is 11.5 Å². The molecule has 1 aliphatic heterocycles. The summed E-state index contributed by atoms with van der Waals surface area (Å²) in [5.41, 5.74) is 0. The van der Waals surface area contributed by atoms with E-state index in [-0.39, 0.29) is 0 Å². The maximum Gasteiger partial charge on any atom is 0.507 e. The highest BCUT2D eigenvalue weighted by atomic mass is 32.2. The van der Waals surface area contributed by atoms with E-state index < -0.39 is 13.1 Å². The van der Waals surface area contributed by atoms with Gasteiger partial charge in [0, 0.05) is 12.3 Å². The molecule has 1 rings (SSSR count). The zero-order valence-electron chi connectivity index (χ0n) is 6.09. The van der Waals surface area contributed by atoms with Crippen molar-refractivity contribution >= 4 is 19.8 Å². The molecule has 5 heteroatoms. The molecule has 1 heterocycles. The van der Waals surface area contributed by atoms with Gasteiger partial charge in [0.15, 0.2) is 6.66 Å². The fourth-order valence-corrected chi connectivity index (χ4v) is 2.76. The predicted molar refractivity (Wildman–Crippen MR) is 43.5 cm³/mol. The zero-order valence-corrected chi connectivity index (χ0v) is 7.80. The number of thioether (sulfide) groups is 1. The number of hydrogen-bond acceptors (Lipinski definition) is 4. The molecule has 3 nitrogen and oxygen atoms in total. The van der Waals surface area contributed by atoms with Gasteiger partial charge in [-0.2, -0.15) is 0 Å². The molecule has 0 aromatic rings. The summed E-state index contributed by atoms with van der Waals surface area (Å²) in [6, 6.07) is 0. The molecule has 10 heavy (non-hydrogen) atoms. The van der Waals surface area contributed by atoms with Crippen molar-refractivity contribution in [3.63, 3.8) is 0 Å². The lowest BCUT2D eigenvalue weighted by molar-refractivity contribution is 0.172.